The molecule has 2 aromatic rings. The van der Waals surface area contributed by atoms with Crippen LogP contribution in [0.1, 0.15) is 17.1 Å². The SMILES string of the molecule is Cc1cc(C)n2cc(CSC(=N)N)nc2n1.Cl.Cl. The number of aryl methyl sites for hydroxylation is 2. The Morgan fingerprint density at radius 3 is 2.67 bits per heavy atom. The Morgan fingerprint density at radius 2 is 2.06 bits per heavy atom. The minimum Gasteiger partial charge on any atom is -0.379 e. The second-order valence-corrected chi connectivity index (χ2v) is 4.61. The fraction of sp³-hybridized carbons (Fsp3) is 0.300. The summed E-state index contributed by atoms with van der Waals surface area (Å²) < 4.78 is 1.95. The van der Waals surface area contributed by atoms with Gasteiger partial charge < -0.3 is 5.73 Å². The van der Waals surface area contributed by atoms with Crippen molar-refractivity contribution in [3.8, 4) is 0 Å². The molecule has 18 heavy (non-hydrogen) atoms. The molecule has 5 nitrogen and oxygen atoms in total. The van der Waals surface area contributed by atoms with Crippen LogP contribution in [-0.2, 0) is 5.75 Å². The van der Waals surface area contributed by atoms with Crippen LogP contribution >= 0.6 is 36.6 Å². The molecule has 0 fully saturated rings. The lowest BCUT2D eigenvalue weighted by molar-refractivity contribution is 1.01. The number of thioether (sulfide) groups is 1. The van der Waals surface area contributed by atoms with Gasteiger partial charge in [0.2, 0.25) is 5.78 Å². The Hall–Kier alpha value is -0.980. The molecule has 0 saturated carbocycles. The average Bonchev–Trinajstić information content (AvgIpc) is 2.57. The number of amidine groups is 1. The fourth-order valence-electron chi connectivity index (χ4n) is 1.54. The third-order valence-corrected chi connectivity index (χ3v) is 2.94. The highest BCUT2D eigenvalue weighted by molar-refractivity contribution is 8.13. The van der Waals surface area contributed by atoms with E-state index < -0.39 is 0 Å². The lowest BCUT2D eigenvalue weighted by Crippen LogP contribution is -2.03. The van der Waals surface area contributed by atoms with Crippen LogP contribution in [0.15, 0.2) is 12.3 Å². The first-order valence-corrected chi connectivity index (χ1v) is 5.84. The van der Waals surface area contributed by atoms with Gasteiger partial charge in [-0.1, -0.05) is 11.8 Å². The van der Waals surface area contributed by atoms with Crippen molar-refractivity contribution in [3.63, 3.8) is 0 Å². The predicted octanol–water partition coefficient (Wildman–Crippen LogP) is 2.32. The number of rotatable bonds is 2. The lowest BCUT2D eigenvalue weighted by Gasteiger charge is -1.98. The van der Waals surface area contributed by atoms with Gasteiger partial charge in [0.25, 0.3) is 0 Å². The molecular formula is C10H15Cl2N5S. The summed E-state index contributed by atoms with van der Waals surface area (Å²) in [4.78, 5) is 8.73. The van der Waals surface area contributed by atoms with Gasteiger partial charge in [0.05, 0.1) is 5.69 Å². The molecule has 0 saturated heterocycles. The summed E-state index contributed by atoms with van der Waals surface area (Å²) in [6.45, 7) is 3.97. The summed E-state index contributed by atoms with van der Waals surface area (Å²) in [5.41, 5.74) is 8.24. The molecule has 0 unspecified atom stereocenters. The molecule has 8 heteroatoms. The molecule has 3 N–H and O–H groups in total. The van der Waals surface area contributed by atoms with Crippen LogP contribution in [0.3, 0.4) is 0 Å². The first kappa shape index (κ1) is 17.0. The highest BCUT2D eigenvalue weighted by Gasteiger charge is 2.06. The van der Waals surface area contributed by atoms with Crippen molar-refractivity contribution < 1.29 is 0 Å². The van der Waals surface area contributed by atoms with Crippen LogP contribution in [-0.4, -0.2) is 19.5 Å². The van der Waals surface area contributed by atoms with Crippen LogP contribution in [0.25, 0.3) is 5.78 Å². The largest absolute Gasteiger partial charge is 0.379 e. The topological polar surface area (TPSA) is 80.1 Å². The minimum absolute atomic E-state index is 0. The molecule has 0 amide bonds. The first-order chi connectivity index (χ1) is 7.56. The third-order valence-electron chi connectivity index (χ3n) is 2.19. The molecule has 0 aliphatic heterocycles. The maximum Gasteiger partial charge on any atom is 0.234 e. The molecule has 0 aliphatic carbocycles. The molecule has 2 rings (SSSR count). The number of fused-ring (bicyclic) bond motifs is 1. The summed E-state index contributed by atoms with van der Waals surface area (Å²) >= 11 is 1.27. The Balaban J connectivity index is 0.00000144. The Morgan fingerprint density at radius 1 is 1.39 bits per heavy atom. The zero-order valence-corrected chi connectivity index (χ0v) is 12.5. The molecule has 0 spiro atoms. The number of nitrogens with one attached hydrogen (secondary N) is 1. The Bertz CT molecular complexity index is 554. The van der Waals surface area contributed by atoms with Crippen LogP contribution < -0.4 is 5.73 Å². The Labute approximate surface area is 122 Å². The molecule has 0 atom stereocenters. The lowest BCUT2D eigenvalue weighted by atomic mass is 10.3. The Kier molecular flexibility index (Phi) is 6.45. The summed E-state index contributed by atoms with van der Waals surface area (Å²) in [5, 5.41) is 7.25. The van der Waals surface area contributed by atoms with Gasteiger partial charge in [-0.15, -0.1) is 24.8 Å². The zero-order valence-electron chi connectivity index (χ0n) is 10.0. The van der Waals surface area contributed by atoms with Crippen molar-refractivity contribution in [1.29, 1.82) is 5.41 Å². The number of hydrogen-bond donors (Lipinski definition) is 2. The van der Waals surface area contributed by atoms with E-state index >= 15 is 0 Å². The molecule has 2 heterocycles. The molecule has 0 bridgehead atoms. The molecule has 100 valence electrons. The van der Waals surface area contributed by atoms with E-state index in [1.165, 1.54) is 11.8 Å². The molecule has 2 aromatic heterocycles. The number of imidazole rings is 1. The van der Waals surface area contributed by atoms with E-state index in [1.54, 1.807) is 0 Å². The van der Waals surface area contributed by atoms with E-state index in [0.717, 1.165) is 17.1 Å². The standard InChI is InChI=1S/C10H13N5S.2ClH/c1-6-3-7(2)15-4-8(5-16-9(11)12)14-10(15)13-6;;/h3-4H,5H2,1-2H3,(H3,11,12);2*1H. The summed E-state index contributed by atoms with van der Waals surface area (Å²) in [5.74, 6) is 1.31. The quantitative estimate of drug-likeness (QED) is 0.659. The summed E-state index contributed by atoms with van der Waals surface area (Å²) in [7, 11) is 0. The zero-order chi connectivity index (χ0) is 11.7. The van der Waals surface area contributed by atoms with Crippen molar-refractivity contribution >= 4 is 47.5 Å². The van der Waals surface area contributed by atoms with Crippen LogP contribution in [0.5, 0.6) is 0 Å². The summed E-state index contributed by atoms with van der Waals surface area (Å²) in [6.07, 6.45) is 1.94. The number of nitrogens with zero attached hydrogens (tertiary/aromatic N) is 3. The van der Waals surface area contributed by atoms with Crippen molar-refractivity contribution in [1.82, 2.24) is 14.4 Å². The van der Waals surface area contributed by atoms with Gasteiger partial charge in [-0.3, -0.25) is 9.81 Å². The normalized spacial score (nSPS) is 9.67. The maximum absolute atomic E-state index is 7.15. The van der Waals surface area contributed by atoms with Crippen molar-refractivity contribution in [2.24, 2.45) is 5.73 Å². The minimum atomic E-state index is 0. The number of aromatic nitrogens is 3. The van der Waals surface area contributed by atoms with Crippen molar-refractivity contribution in [2.75, 3.05) is 0 Å². The first-order valence-electron chi connectivity index (χ1n) is 4.85. The second-order valence-electron chi connectivity index (χ2n) is 3.59. The highest BCUT2D eigenvalue weighted by atomic mass is 35.5. The molecule has 0 aromatic carbocycles. The monoisotopic (exact) mass is 307 g/mol. The van der Waals surface area contributed by atoms with Gasteiger partial charge >= 0.3 is 0 Å². The fourth-order valence-corrected chi connectivity index (χ4v) is 1.98. The van der Waals surface area contributed by atoms with E-state index in [0.29, 0.717) is 11.5 Å². The predicted molar refractivity (Wildman–Crippen MR) is 80.2 cm³/mol. The van der Waals surface area contributed by atoms with Crippen molar-refractivity contribution in [3.05, 3.63) is 29.3 Å². The van der Waals surface area contributed by atoms with E-state index in [4.69, 9.17) is 11.1 Å². The van der Waals surface area contributed by atoms with Gasteiger partial charge in [-0.25, -0.2) is 9.97 Å². The number of nitrogens with two attached hydrogens (primary N) is 1. The highest BCUT2D eigenvalue weighted by Crippen LogP contribution is 2.13. The average molecular weight is 308 g/mol. The van der Waals surface area contributed by atoms with E-state index in [1.807, 2.05) is 30.5 Å². The second kappa shape index (κ2) is 6.82. The van der Waals surface area contributed by atoms with E-state index in [9.17, 15) is 0 Å². The maximum atomic E-state index is 7.15. The number of halogens is 2. The van der Waals surface area contributed by atoms with Gasteiger partial charge in [-0.2, -0.15) is 0 Å². The van der Waals surface area contributed by atoms with E-state index in [-0.39, 0.29) is 30.0 Å². The van der Waals surface area contributed by atoms with Gasteiger partial charge in [-0.05, 0) is 19.9 Å². The van der Waals surface area contributed by atoms with Gasteiger partial charge in [0.1, 0.15) is 0 Å². The van der Waals surface area contributed by atoms with Gasteiger partial charge in [0.15, 0.2) is 5.17 Å². The van der Waals surface area contributed by atoms with Crippen LogP contribution in [0, 0.1) is 19.3 Å². The molecule has 0 radical (unpaired) electrons. The molecule has 0 aliphatic rings. The molecular weight excluding hydrogens is 293 g/mol. The number of hydrogen-bond acceptors (Lipinski definition) is 4. The summed E-state index contributed by atoms with van der Waals surface area (Å²) in [6, 6.07) is 2.01. The van der Waals surface area contributed by atoms with Crippen LogP contribution in [0.2, 0.25) is 0 Å². The van der Waals surface area contributed by atoms with Crippen LogP contribution in [0.4, 0.5) is 0 Å². The smallest absolute Gasteiger partial charge is 0.234 e. The van der Waals surface area contributed by atoms with Crippen molar-refractivity contribution in [2.45, 2.75) is 19.6 Å². The van der Waals surface area contributed by atoms with Gasteiger partial charge in [0, 0.05) is 23.3 Å². The van der Waals surface area contributed by atoms with E-state index in [2.05, 4.69) is 9.97 Å². The third kappa shape index (κ3) is 3.76.